The van der Waals surface area contributed by atoms with E-state index >= 15 is 0 Å². The zero-order chi connectivity index (χ0) is 19.7. The highest BCUT2D eigenvalue weighted by Crippen LogP contribution is 2.24. The molecule has 0 radical (unpaired) electrons. The summed E-state index contributed by atoms with van der Waals surface area (Å²) in [7, 11) is 0. The summed E-state index contributed by atoms with van der Waals surface area (Å²) in [6, 6.07) is 5.98. The van der Waals surface area contributed by atoms with Crippen molar-refractivity contribution in [2.75, 3.05) is 18.4 Å². The molecule has 2 aromatic rings. The number of aryl methyl sites for hydroxylation is 2. The lowest BCUT2D eigenvalue weighted by Gasteiger charge is -2.27. The lowest BCUT2D eigenvalue weighted by atomic mass is 10.1. The summed E-state index contributed by atoms with van der Waals surface area (Å²) in [5, 5.41) is 2.98. The number of carbonyl (C=O) groups excluding carboxylic acids is 2. The monoisotopic (exact) mass is 380 g/mol. The van der Waals surface area contributed by atoms with Crippen molar-refractivity contribution in [1.82, 2.24) is 14.5 Å². The number of benzene rings is 1. The van der Waals surface area contributed by atoms with Gasteiger partial charge in [-0.1, -0.05) is 6.07 Å². The number of carbonyl (C=O) groups is 2. The summed E-state index contributed by atoms with van der Waals surface area (Å²) in [5.74, 6) is 0.170. The van der Waals surface area contributed by atoms with Gasteiger partial charge < -0.3 is 14.8 Å². The van der Waals surface area contributed by atoms with Crippen LogP contribution in [0.1, 0.15) is 70.0 Å². The molecule has 0 atom stereocenters. The smallest absolute Gasteiger partial charge is 0.289 e. The molecular weight excluding hydrogens is 352 g/mol. The van der Waals surface area contributed by atoms with E-state index in [1.807, 2.05) is 35.4 Å². The number of nitrogens with zero attached hydrogens (tertiary/aromatic N) is 3. The predicted octanol–water partition coefficient (Wildman–Crippen LogP) is 3.71. The van der Waals surface area contributed by atoms with Crippen LogP contribution in [0, 0.1) is 13.8 Å². The number of hydrogen-bond donors (Lipinski definition) is 1. The number of likely N-dealkylation sites (tertiary alicyclic amines) is 1. The number of rotatable bonds is 3. The molecular formula is C22H28N4O2. The number of fused-ring (bicyclic) bond motifs is 1. The van der Waals surface area contributed by atoms with Crippen LogP contribution in [-0.2, 0) is 13.0 Å². The molecule has 2 amide bonds. The van der Waals surface area contributed by atoms with Crippen molar-refractivity contribution in [3.63, 3.8) is 0 Å². The number of piperidine rings is 1. The van der Waals surface area contributed by atoms with Crippen molar-refractivity contribution >= 4 is 17.5 Å². The third-order valence-electron chi connectivity index (χ3n) is 5.65. The standard InChI is InChI=1S/C22H28N4O2/c1-15-12-16(2)14-17(13-15)23-21(27)19-18-8-4-7-11-26(18)20(24-19)22(28)25-9-5-3-6-10-25/h12-14H,3-11H2,1-2H3,(H,23,27). The van der Waals surface area contributed by atoms with Crippen LogP contribution in [0.3, 0.4) is 0 Å². The molecule has 6 heteroatoms. The van der Waals surface area contributed by atoms with E-state index in [9.17, 15) is 9.59 Å². The summed E-state index contributed by atoms with van der Waals surface area (Å²) < 4.78 is 1.98. The quantitative estimate of drug-likeness (QED) is 0.883. The van der Waals surface area contributed by atoms with Crippen molar-refractivity contribution < 1.29 is 9.59 Å². The molecule has 2 aliphatic rings. The molecule has 1 N–H and O–H groups in total. The number of nitrogens with one attached hydrogen (secondary N) is 1. The summed E-state index contributed by atoms with van der Waals surface area (Å²) in [6.45, 7) is 6.34. The van der Waals surface area contributed by atoms with Crippen LogP contribution in [-0.4, -0.2) is 39.4 Å². The molecule has 1 saturated heterocycles. The molecule has 28 heavy (non-hydrogen) atoms. The Bertz CT molecular complexity index is 889. The molecule has 4 rings (SSSR count). The molecule has 0 unspecified atom stereocenters. The third kappa shape index (κ3) is 3.68. The van der Waals surface area contributed by atoms with Crippen molar-refractivity contribution in [3.8, 4) is 0 Å². The van der Waals surface area contributed by atoms with Gasteiger partial charge in [-0.2, -0.15) is 0 Å². The van der Waals surface area contributed by atoms with E-state index in [0.717, 1.165) is 74.2 Å². The molecule has 0 aliphatic carbocycles. The summed E-state index contributed by atoms with van der Waals surface area (Å²) >= 11 is 0. The van der Waals surface area contributed by atoms with Crippen LogP contribution in [0.15, 0.2) is 18.2 Å². The lowest BCUT2D eigenvalue weighted by molar-refractivity contribution is 0.0705. The molecule has 2 aliphatic heterocycles. The van der Waals surface area contributed by atoms with E-state index in [-0.39, 0.29) is 11.8 Å². The molecule has 1 fully saturated rings. The molecule has 0 saturated carbocycles. The highest BCUT2D eigenvalue weighted by Gasteiger charge is 2.30. The average molecular weight is 380 g/mol. The Morgan fingerprint density at radius 2 is 1.61 bits per heavy atom. The third-order valence-corrected chi connectivity index (χ3v) is 5.65. The van der Waals surface area contributed by atoms with Crippen LogP contribution >= 0.6 is 0 Å². The first-order valence-corrected chi connectivity index (χ1v) is 10.3. The Hall–Kier alpha value is -2.63. The van der Waals surface area contributed by atoms with E-state index < -0.39 is 0 Å². The van der Waals surface area contributed by atoms with Crippen molar-refractivity contribution in [1.29, 1.82) is 0 Å². The first-order valence-electron chi connectivity index (χ1n) is 10.3. The molecule has 1 aromatic heterocycles. The van der Waals surface area contributed by atoms with Gasteiger partial charge in [0.1, 0.15) is 0 Å². The highest BCUT2D eigenvalue weighted by molar-refractivity contribution is 6.05. The van der Waals surface area contributed by atoms with Gasteiger partial charge in [-0.25, -0.2) is 4.98 Å². The Morgan fingerprint density at radius 3 is 2.32 bits per heavy atom. The zero-order valence-corrected chi connectivity index (χ0v) is 16.8. The number of anilines is 1. The van der Waals surface area contributed by atoms with Gasteiger partial charge in [0.2, 0.25) is 0 Å². The number of hydrogen-bond acceptors (Lipinski definition) is 3. The van der Waals surface area contributed by atoms with Crippen molar-refractivity contribution in [2.45, 2.75) is 58.9 Å². The molecule has 1 aromatic carbocycles. The van der Waals surface area contributed by atoms with Crippen LogP contribution in [0.25, 0.3) is 0 Å². The first kappa shape index (κ1) is 18.7. The fourth-order valence-corrected chi connectivity index (χ4v) is 4.36. The minimum atomic E-state index is -0.228. The second kappa shape index (κ2) is 7.78. The molecule has 148 valence electrons. The van der Waals surface area contributed by atoms with Gasteiger partial charge in [-0.3, -0.25) is 9.59 Å². The number of aromatic nitrogens is 2. The topological polar surface area (TPSA) is 67.2 Å². The van der Waals surface area contributed by atoms with E-state index in [1.165, 1.54) is 6.42 Å². The average Bonchev–Trinajstić information content (AvgIpc) is 3.07. The first-order chi connectivity index (χ1) is 13.5. The Labute approximate surface area is 165 Å². The minimum absolute atomic E-state index is 0.0340. The van der Waals surface area contributed by atoms with Crippen molar-refractivity contribution in [2.24, 2.45) is 0 Å². The van der Waals surface area contributed by atoms with E-state index in [0.29, 0.717) is 11.5 Å². The summed E-state index contributed by atoms with van der Waals surface area (Å²) in [6.07, 6.45) is 6.08. The zero-order valence-electron chi connectivity index (χ0n) is 16.8. The Kier molecular flexibility index (Phi) is 5.20. The maximum atomic E-state index is 13.1. The minimum Gasteiger partial charge on any atom is -0.336 e. The van der Waals surface area contributed by atoms with Gasteiger partial charge in [0.25, 0.3) is 11.8 Å². The van der Waals surface area contributed by atoms with E-state index in [4.69, 9.17) is 0 Å². The van der Waals surface area contributed by atoms with Crippen LogP contribution < -0.4 is 5.32 Å². The predicted molar refractivity (Wildman–Crippen MR) is 109 cm³/mol. The largest absolute Gasteiger partial charge is 0.336 e. The van der Waals surface area contributed by atoms with Crippen LogP contribution in [0.5, 0.6) is 0 Å². The van der Waals surface area contributed by atoms with Crippen LogP contribution in [0.4, 0.5) is 5.69 Å². The van der Waals surface area contributed by atoms with Crippen LogP contribution in [0.2, 0.25) is 0 Å². The van der Waals surface area contributed by atoms with Gasteiger partial charge in [-0.15, -0.1) is 0 Å². The fourth-order valence-electron chi connectivity index (χ4n) is 4.36. The Morgan fingerprint density at radius 1 is 0.929 bits per heavy atom. The number of imidazole rings is 1. The van der Waals surface area contributed by atoms with Gasteiger partial charge in [-0.05, 0) is 75.6 Å². The summed E-state index contributed by atoms with van der Waals surface area (Å²) in [4.78, 5) is 32.5. The maximum absolute atomic E-state index is 13.1. The lowest BCUT2D eigenvalue weighted by Crippen LogP contribution is -2.37. The molecule has 0 spiro atoms. The van der Waals surface area contributed by atoms with Crippen molar-refractivity contribution in [3.05, 3.63) is 46.5 Å². The molecule has 0 bridgehead atoms. The normalized spacial score (nSPS) is 16.6. The van der Waals surface area contributed by atoms with Gasteiger partial charge in [0, 0.05) is 25.3 Å². The van der Waals surface area contributed by atoms with Gasteiger partial charge in [0.15, 0.2) is 11.5 Å². The van der Waals surface area contributed by atoms with Gasteiger partial charge >= 0.3 is 0 Å². The van der Waals surface area contributed by atoms with E-state index in [1.54, 1.807) is 0 Å². The number of amides is 2. The second-order valence-electron chi connectivity index (χ2n) is 8.02. The molecule has 6 nitrogen and oxygen atoms in total. The maximum Gasteiger partial charge on any atom is 0.289 e. The fraction of sp³-hybridized carbons (Fsp3) is 0.500. The second-order valence-corrected chi connectivity index (χ2v) is 8.02. The Balaban J connectivity index is 1.64. The molecule has 3 heterocycles. The highest BCUT2D eigenvalue weighted by atomic mass is 16.2. The van der Waals surface area contributed by atoms with E-state index in [2.05, 4.69) is 16.4 Å². The summed E-state index contributed by atoms with van der Waals surface area (Å²) in [5.41, 5.74) is 4.27. The van der Waals surface area contributed by atoms with Gasteiger partial charge in [0.05, 0.1) is 5.69 Å². The SMILES string of the molecule is Cc1cc(C)cc(NC(=O)c2nc(C(=O)N3CCCCC3)n3c2CCCC3)c1.